The van der Waals surface area contributed by atoms with E-state index in [0.29, 0.717) is 17.8 Å². The second-order valence-electron chi connectivity index (χ2n) is 6.89. The van der Waals surface area contributed by atoms with Crippen LogP contribution in [0.3, 0.4) is 0 Å². The van der Waals surface area contributed by atoms with Gasteiger partial charge in [-0.1, -0.05) is 31.5 Å². The molecule has 30 heavy (non-hydrogen) atoms. The highest BCUT2D eigenvalue weighted by Gasteiger charge is 2.21. The van der Waals surface area contributed by atoms with Gasteiger partial charge < -0.3 is 15.4 Å². The fourth-order valence-corrected chi connectivity index (χ4v) is 2.58. The van der Waals surface area contributed by atoms with E-state index in [1.807, 2.05) is 13.8 Å². The van der Waals surface area contributed by atoms with Crippen molar-refractivity contribution in [2.75, 3.05) is 5.32 Å². The van der Waals surface area contributed by atoms with Crippen molar-refractivity contribution < 1.29 is 19.1 Å². The number of nitrogens with zero attached hydrogens (tertiary/aromatic N) is 1. The monoisotopic (exact) mass is 431 g/mol. The van der Waals surface area contributed by atoms with E-state index >= 15 is 0 Å². The number of nitrogens with one attached hydrogen (secondary N) is 2. The molecule has 0 aliphatic carbocycles. The number of aryl methyl sites for hydroxylation is 1. The number of rotatable bonds is 8. The summed E-state index contributed by atoms with van der Waals surface area (Å²) < 4.78 is 5.09. The number of pyridine rings is 1. The molecule has 0 saturated carbocycles. The van der Waals surface area contributed by atoms with E-state index in [-0.39, 0.29) is 22.9 Å². The van der Waals surface area contributed by atoms with Crippen LogP contribution in [0.25, 0.3) is 0 Å². The fraction of sp³-hybridized carbons (Fsp3) is 0.364. The molecule has 0 saturated heterocycles. The minimum Gasteiger partial charge on any atom is -0.442 e. The van der Waals surface area contributed by atoms with Gasteiger partial charge in [-0.05, 0) is 57.0 Å². The van der Waals surface area contributed by atoms with Gasteiger partial charge in [-0.2, -0.15) is 0 Å². The maximum Gasteiger partial charge on any atom is 0.339 e. The van der Waals surface area contributed by atoms with Crippen LogP contribution in [0.1, 0.15) is 70.5 Å². The number of carbonyl (C=O) groups is 3. The quantitative estimate of drug-likeness (QED) is 0.479. The molecule has 7 nitrogen and oxygen atoms in total. The van der Waals surface area contributed by atoms with Gasteiger partial charge in [0.15, 0.2) is 5.56 Å². The summed E-state index contributed by atoms with van der Waals surface area (Å²) in [7, 11) is 0. The first-order chi connectivity index (χ1) is 14.2. The maximum absolute atomic E-state index is 12.8. The standard InChI is InChI=1S/C22H26ClN3O4/c1-5-13(3)25-21(28)19-17(11-10-14(4)24-19)20(27)26-16-9-7-8-15(12-16)22(29)30-18(23)6-2/h7-13,18H,5-6H2,1-4H3,(H,25,28)(H,26,27). The Hall–Kier alpha value is -2.93. The van der Waals surface area contributed by atoms with Crippen molar-refractivity contribution in [3.8, 4) is 0 Å². The third-order valence-corrected chi connectivity index (χ3v) is 4.79. The van der Waals surface area contributed by atoms with Gasteiger partial charge in [-0.15, -0.1) is 0 Å². The number of amides is 2. The van der Waals surface area contributed by atoms with E-state index in [9.17, 15) is 14.4 Å². The summed E-state index contributed by atoms with van der Waals surface area (Å²) in [6.45, 7) is 7.37. The van der Waals surface area contributed by atoms with Crippen LogP contribution in [0.2, 0.25) is 0 Å². The first-order valence-corrected chi connectivity index (χ1v) is 10.2. The lowest BCUT2D eigenvalue weighted by Crippen LogP contribution is -2.34. The minimum absolute atomic E-state index is 0.0488. The normalized spacial score (nSPS) is 12.6. The molecule has 0 aliphatic rings. The smallest absolute Gasteiger partial charge is 0.339 e. The Balaban J connectivity index is 2.23. The fourth-order valence-electron chi connectivity index (χ4n) is 2.50. The molecule has 2 aromatic rings. The highest BCUT2D eigenvalue weighted by Crippen LogP contribution is 2.17. The average molecular weight is 432 g/mol. The summed E-state index contributed by atoms with van der Waals surface area (Å²) in [5, 5.41) is 5.53. The Morgan fingerprint density at radius 3 is 2.50 bits per heavy atom. The summed E-state index contributed by atoms with van der Waals surface area (Å²) in [6, 6.07) is 9.47. The van der Waals surface area contributed by atoms with Gasteiger partial charge >= 0.3 is 5.97 Å². The zero-order valence-corrected chi connectivity index (χ0v) is 18.2. The lowest BCUT2D eigenvalue weighted by Gasteiger charge is -2.14. The number of anilines is 1. The molecule has 0 fully saturated rings. The molecule has 2 N–H and O–H groups in total. The number of hydrogen-bond donors (Lipinski definition) is 2. The molecular formula is C22H26ClN3O4. The highest BCUT2D eigenvalue weighted by molar-refractivity contribution is 6.20. The summed E-state index contributed by atoms with van der Waals surface area (Å²) in [5.74, 6) is -1.51. The maximum atomic E-state index is 12.8. The van der Waals surface area contributed by atoms with Crippen molar-refractivity contribution >= 4 is 35.1 Å². The largest absolute Gasteiger partial charge is 0.442 e. The van der Waals surface area contributed by atoms with Gasteiger partial charge in [0.05, 0.1) is 11.1 Å². The molecule has 1 aromatic heterocycles. The Morgan fingerprint density at radius 1 is 1.10 bits per heavy atom. The Labute approximate surface area is 181 Å². The van der Waals surface area contributed by atoms with E-state index in [0.717, 1.165) is 6.42 Å². The number of hydrogen-bond acceptors (Lipinski definition) is 5. The van der Waals surface area contributed by atoms with E-state index in [1.165, 1.54) is 6.07 Å². The highest BCUT2D eigenvalue weighted by atomic mass is 35.5. The Kier molecular flexibility index (Phi) is 8.35. The van der Waals surface area contributed by atoms with E-state index in [1.54, 1.807) is 44.2 Å². The lowest BCUT2D eigenvalue weighted by atomic mass is 10.1. The van der Waals surface area contributed by atoms with Gasteiger partial charge in [0.25, 0.3) is 11.8 Å². The number of carbonyl (C=O) groups excluding carboxylic acids is 3. The molecule has 0 aliphatic heterocycles. The van der Waals surface area contributed by atoms with Crippen molar-refractivity contribution in [1.29, 1.82) is 0 Å². The van der Waals surface area contributed by atoms with Gasteiger partial charge in [-0.25, -0.2) is 9.78 Å². The molecular weight excluding hydrogens is 406 g/mol. The zero-order valence-electron chi connectivity index (χ0n) is 17.5. The van der Waals surface area contributed by atoms with Crippen molar-refractivity contribution in [1.82, 2.24) is 10.3 Å². The Bertz CT molecular complexity index is 932. The average Bonchev–Trinajstić information content (AvgIpc) is 2.73. The number of alkyl halides is 1. The molecule has 8 heteroatoms. The number of benzene rings is 1. The molecule has 2 unspecified atom stereocenters. The molecule has 0 bridgehead atoms. The van der Waals surface area contributed by atoms with Crippen LogP contribution in [0, 0.1) is 6.92 Å². The van der Waals surface area contributed by atoms with E-state index in [2.05, 4.69) is 15.6 Å². The molecule has 0 radical (unpaired) electrons. The van der Waals surface area contributed by atoms with Crippen molar-refractivity contribution in [2.24, 2.45) is 0 Å². The van der Waals surface area contributed by atoms with Gasteiger partial charge in [0.2, 0.25) is 0 Å². The van der Waals surface area contributed by atoms with Crippen LogP contribution >= 0.6 is 11.6 Å². The van der Waals surface area contributed by atoms with Crippen LogP contribution in [0.5, 0.6) is 0 Å². The van der Waals surface area contributed by atoms with Crippen molar-refractivity contribution in [3.63, 3.8) is 0 Å². The number of ether oxygens (including phenoxy) is 1. The second-order valence-corrected chi connectivity index (χ2v) is 7.38. The third kappa shape index (κ3) is 6.29. The minimum atomic E-state index is -0.721. The molecule has 1 heterocycles. The van der Waals surface area contributed by atoms with Crippen LogP contribution < -0.4 is 10.6 Å². The van der Waals surface area contributed by atoms with Crippen molar-refractivity contribution in [3.05, 3.63) is 58.9 Å². The molecule has 2 amide bonds. The summed E-state index contributed by atoms with van der Waals surface area (Å²) in [6.07, 6.45) is 1.23. The summed E-state index contributed by atoms with van der Waals surface area (Å²) in [4.78, 5) is 41.8. The van der Waals surface area contributed by atoms with E-state index in [4.69, 9.17) is 16.3 Å². The molecule has 160 valence electrons. The topological polar surface area (TPSA) is 97.4 Å². The number of esters is 1. The predicted molar refractivity (Wildman–Crippen MR) is 116 cm³/mol. The lowest BCUT2D eigenvalue weighted by molar-refractivity contribution is 0.0443. The molecule has 0 spiro atoms. The van der Waals surface area contributed by atoms with Crippen LogP contribution in [0.15, 0.2) is 36.4 Å². The second kappa shape index (κ2) is 10.7. The van der Waals surface area contributed by atoms with Crippen molar-refractivity contribution in [2.45, 2.75) is 52.1 Å². The first-order valence-electron chi connectivity index (χ1n) is 9.80. The van der Waals surface area contributed by atoms with Gasteiger partial charge in [0.1, 0.15) is 5.69 Å². The first kappa shape index (κ1) is 23.3. The van der Waals surface area contributed by atoms with Crippen LogP contribution in [-0.4, -0.2) is 34.4 Å². The number of halogens is 1. The van der Waals surface area contributed by atoms with Gasteiger partial charge in [0, 0.05) is 17.4 Å². The van der Waals surface area contributed by atoms with Crippen LogP contribution in [-0.2, 0) is 4.74 Å². The van der Waals surface area contributed by atoms with Crippen LogP contribution in [0.4, 0.5) is 5.69 Å². The number of aromatic nitrogens is 1. The van der Waals surface area contributed by atoms with Gasteiger partial charge in [-0.3, -0.25) is 9.59 Å². The molecule has 2 rings (SSSR count). The Morgan fingerprint density at radius 2 is 1.83 bits per heavy atom. The predicted octanol–water partition coefficient (Wildman–Crippen LogP) is 4.30. The SMILES string of the molecule is CCC(C)NC(=O)c1nc(C)ccc1C(=O)Nc1cccc(C(=O)OC(Cl)CC)c1. The van der Waals surface area contributed by atoms with E-state index < -0.39 is 23.3 Å². The third-order valence-electron chi connectivity index (χ3n) is 4.40. The molecule has 2 atom stereocenters. The summed E-state index contributed by atoms with van der Waals surface area (Å²) in [5.41, 5.74) is 0.727. The summed E-state index contributed by atoms with van der Waals surface area (Å²) >= 11 is 5.86. The molecule has 1 aromatic carbocycles. The zero-order chi connectivity index (χ0) is 22.3.